The quantitative estimate of drug-likeness (QED) is 0.780. The van der Waals surface area contributed by atoms with E-state index >= 15 is 0 Å². The number of hydrogen-bond donors (Lipinski definition) is 3. The Balaban J connectivity index is 2.05. The lowest BCUT2D eigenvalue weighted by atomic mass is 9.74. The largest absolute Gasteiger partial charge is 0.352 e. The second-order valence-corrected chi connectivity index (χ2v) is 6.63. The predicted octanol–water partition coefficient (Wildman–Crippen LogP) is 2.67. The van der Waals surface area contributed by atoms with Crippen molar-refractivity contribution in [2.24, 2.45) is 11.7 Å². The molecule has 0 spiro atoms. The van der Waals surface area contributed by atoms with Crippen molar-refractivity contribution >= 4 is 17.5 Å². The Morgan fingerprint density at radius 1 is 1.35 bits per heavy atom. The molecular formula is C18H27N3O2. The van der Waals surface area contributed by atoms with Crippen LogP contribution in [0.5, 0.6) is 0 Å². The van der Waals surface area contributed by atoms with Gasteiger partial charge in [-0.05, 0) is 44.4 Å². The van der Waals surface area contributed by atoms with Gasteiger partial charge in [0.15, 0.2) is 0 Å². The Morgan fingerprint density at radius 2 is 2.13 bits per heavy atom. The Morgan fingerprint density at radius 3 is 2.83 bits per heavy atom. The molecule has 23 heavy (non-hydrogen) atoms. The van der Waals surface area contributed by atoms with Crippen LogP contribution in [0.4, 0.5) is 5.69 Å². The van der Waals surface area contributed by atoms with Crippen molar-refractivity contribution in [3.05, 3.63) is 29.8 Å². The predicted molar refractivity (Wildman–Crippen MR) is 92.2 cm³/mol. The molecular weight excluding hydrogens is 290 g/mol. The van der Waals surface area contributed by atoms with E-state index in [-0.39, 0.29) is 17.7 Å². The Hall–Kier alpha value is -1.88. The van der Waals surface area contributed by atoms with Gasteiger partial charge in [-0.2, -0.15) is 0 Å². The number of carbonyl (C=O) groups excluding carboxylic acids is 2. The first-order valence-electron chi connectivity index (χ1n) is 8.42. The first-order chi connectivity index (χ1) is 10.9. The fourth-order valence-electron chi connectivity index (χ4n) is 3.10. The van der Waals surface area contributed by atoms with Gasteiger partial charge in [0, 0.05) is 23.3 Å². The van der Waals surface area contributed by atoms with Gasteiger partial charge in [0.2, 0.25) is 5.91 Å². The van der Waals surface area contributed by atoms with Crippen LogP contribution in [-0.2, 0) is 4.79 Å². The van der Waals surface area contributed by atoms with E-state index < -0.39 is 5.54 Å². The van der Waals surface area contributed by atoms with E-state index in [1.54, 1.807) is 24.3 Å². The zero-order chi connectivity index (χ0) is 16.9. The van der Waals surface area contributed by atoms with Crippen LogP contribution in [-0.4, -0.2) is 23.9 Å². The van der Waals surface area contributed by atoms with Crippen LogP contribution in [0, 0.1) is 5.92 Å². The first kappa shape index (κ1) is 17.5. The highest BCUT2D eigenvalue weighted by Gasteiger charge is 2.37. The minimum atomic E-state index is -0.460. The van der Waals surface area contributed by atoms with E-state index in [4.69, 9.17) is 5.73 Å². The van der Waals surface area contributed by atoms with Crippen LogP contribution in [0.25, 0.3) is 0 Å². The Bertz CT molecular complexity index is 569. The van der Waals surface area contributed by atoms with E-state index in [0.29, 0.717) is 17.8 Å². The number of hydrogen-bond acceptors (Lipinski definition) is 3. The van der Waals surface area contributed by atoms with Gasteiger partial charge in [-0.1, -0.05) is 25.8 Å². The van der Waals surface area contributed by atoms with Gasteiger partial charge in [0.1, 0.15) is 0 Å². The lowest BCUT2D eigenvalue weighted by Crippen LogP contribution is -2.51. The fourth-order valence-corrected chi connectivity index (χ4v) is 3.10. The lowest BCUT2D eigenvalue weighted by Gasteiger charge is -2.37. The number of benzene rings is 1. The van der Waals surface area contributed by atoms with Crippen molar-refractivity contribution < 1.29 is 9.59 Å². The van der Waals surface area contributed by atoms with E-state index in [1.165, 1.54) is 0 Å². The molecule has 1 fully saturated rings. The number of nitrogens with two attached hydrogens (primary N) is 1. The van der Waals surface area contributed by atoms with E-state index in [9.17, 15) is 9.59 Å². The summed E-state index contributed by atoms with van der Waals surface area (Å²) in [6.07, 6.45) is 4.67. The van der Waals surface area contributed by atoms with Gasteiger partial charge in [-0.25, -0.2) is 0 Å². The summed E-state index contributed by atoms with van der Waals surface area (Å²) < 4.78 is 0. The van der Waals surface area contributed by atoms with E-state index in [0.717, 1.165) is 32.1 Å². The highest BCUT2D eigenvalue weighted by atomic mass is 16.2. The smallest absolute Gasteiger partial charge is 0.251 e. The summed E-state index contributed by atoms with van der Waals surface area (Å²) in [6, 6.07) is 7.03. The molecule has 0 saturated heterocycles. The molecule has 0 bridgehead atoms. The van der Waals surface area contributed by atoms with Gasteiger partial charge in [0.05, 0.1) is 5.92 Å². The summed E-state index contributed by atoms with van der Waals surface area (Å²) in [5, 5.41) is 5.75. The van der Waals surface area contributed by atoms with E-state index in [2.05, 4.69) is 10.6 Å². The summed E-state index contributed by atoms with van der Waals surface area (Å²) in [4.78, 5) is 24.5. The van der Waals surface area contributed by atoms with Crippen molar-refractivity contribution in [3.8, 4) is 0 Å². The number of anilines is 1. The summed E-state index contributed by atoms with van der Waals surface area (Å²) in [5.41, 5.74) is 7.02. The average Bonchev–Trinajstić information content (AvgIpc) is 2.52. The topological polar surface area (TPSA) is 84.2 Å². The van der Waals surface area contributed by atoms with Crippen molar-refractivity contribution in [2.45, 2.75) is 51.5 Å². The van der Waals surface area contributed by atoms with Crippen LogP contribution < -0.4 is 16.4 Å². The minimum Gasteiger partial charge on any atom is -0.352 e. The maximum Gasteiger partial charge on any atom is 0.251 e. The minimum absolute atomic E-state index is 0.0548. The van der Waals surface area contributed by atoms with Crippen LogP contribution in [0.3, 0.4) is 0 Å². The van der Waals surface area contributed by atoms with Crippen LogP contribution >= 0.6 is 0 Å². The monoisotopic (exact) mass is 317 g/mol. The first-order valence-corrected chi connectivity index (χ1v) is 8.42. The third-order valence-electron chi connectivity index (χ3n) is 4.50. The van der Waals surface area contributed by atoms with Gasteiger partial charge in [-0.3, -0.25) is 9.59 Å². The molecule has 1 saturated carbocycles. The maximum atomic E-state index is 12.5. The summed E-state index contributed by atoms with van der Waals surface area (Å²) in [5.74, 6) is -0.362. The van der Waals surface area contributed by atoms with Crippen molar-refractivity contribution in [3.63, 3.8) is 0 Å². The molecule has 1 aromatic carbocycles. The van der Waals surface area contributed by atoms with Gasteiger partial charge in [-0.15, -0.1) is 0 Å². The molecule has 2 unspecified atom stereocenters. The molecule has 2 atom stereocenters. The summed E-state index contributed by atoms with van der Waals surface area (Å²) in [7, 11) is 0. The molecule has 0 heterocycles. The normalized spacial score (nSPS) is 24.0. The lowest BCUT2D eigenvalue weighted by molar-refractivity contribution is -0.122. The molecule has 126 valence electrons. The SMILES string of the molecule is CCCNC(=O)c1cccc(NC(=O)C2CCCCC2(C)N)c1. The molecule has 5 nitrogen and oxygen atoms in total. The third kappa shape index (κ3) is 4.55. The van der Waals surface area contributed by atoms with Gasteiger partial charge >= 0.3 is 0 Å². The average molecular weight is 317 g/mol. The number of nitrogens with one attached hydrogen (secondary N) is 2. The van der Waals surface area contributed by atoms with Gasteiger partial charge in [0.25, 0.3) is 5.91 Å². The van der Waals surface area contributed by atoms with Crippen molar-refractivity contribution in [2.75, 3.05) is 11.9 Å². The highest BCUT2D eigenvalue weighted by molar-refractivity contribution is 5.98. The van der Waals surface area contributed by atoms with Crippen LogP contribution in [0.2, 0.25) is 0 Å². The Kier molecular flexibility index (Phi) is 5.77. The summed E-state index contributed by atoms with van der Waals surface area (Å²) >= 11 is 0. The maximum absolute atomic E-state index is 12.5. The van der Waals surface area contributed by atoms with Crippen LogP contribution in [0.1, 0.15) is 56.3 Å². The third-order valence-corrected chi connectivity index (χ3v) is 4.50. The number of amides is 2. The molecule has 5 heteroatoms. The molecule has 2 rings (SSSR count). The number of rotatable bonds is 5. The van der Waals surface area contributed by atoms with E-state index in [1.807, 2.05) is 13.8 Å². The molecule has 2 amide bonds. The molecule has 4 N–H and O–H groups in total. The molecule has 0 aromatic heterocycles. The second-order valence-electron chi connectivity index (χ2n) is 6.63. The number of carbonyl (C=O) groups is 2. The fraction of sp³-hybridized carbons (Fsp3) is 0.556. The molecule has 0 radical (unpaired) electrons. The molecule has 0 aliphatic heterocycles. The highest BCUT2D eigenvalue weighted by Crippen LogP contribution is 2.32. The van der Waals surface area contributed by atoms with Crippen LogP contribution in [0.15, 0.2) is 24.3 Å². The molecule has 1 aromatic rings. The zero-order valence-electron chi connectivity index (χ0n) is 14.0. The molecule has 1 aliphatic carbocycles. The summed E-state index contributed by atoms with van der Waals surface area (Å²) in [6.45, 7) is 4.60. The standard InChI is InChI=1S/C18H27N3O2/c1-3-11-20-16(22)13-7-6-8-14(12-13)21-17(23)15-9-4-5-10-18(15,2)19/h6-8,12,15H,3-5,9-11,19H2,1-2H3,(H,20,22)(H,21,23). The molecule has 1 aliphatic rings. The Labute approximate surface area is 138 Å². The van der Waals surface area contributed by atoms with Gasteiger partial charge < -0.3 is 16.4 Å². The zero-order valence-corrected chi connectivity index (χ0v) is 14.0. The van der Waals surface area contributed by atoms with Crippen molar-refractivity contribution in [1.29, 1.82) is 0 Å². The van der Waals surface area contributed by atoms with Crippen molar-refractivity contribution in [1.82, 2.24) is 5.32 Å². The second kappa shape index (κ2) is 7.59.